The van der Waals surface area contributed by atoms with Gasteiger partial charge >= 0.3 is 0 Å². The van der Waals surface area contributed by atoms with Crippen LogP contribution in [0.25, 0.3) is 0 Å². The number of carbonyl (C=O) groups excluding carboxylic acids is 2. The molecule has 0 bridgehead atoms. The first kappa shape index (κ1) is 19.2. The second-order valence-electron chi connectivity index (χ2n) is 6.33. The van der Waals surface area contributed by atoms with E-state index in [9.17, 15) is 9.59 Å². The van der Waals surface area contributed by atoms with Gasteiger partial charge < -0.3 is 15.5 Å². The van der Waals surface area contributed by atoms with Crippen LogP contribution in [-0.2, 0) is 16.1 Å². The van der Waals surface area contributed by atoms with Gasteiger partial charge in [-0.3, -0.25) is 9.59 Å². The van der Waals surface area contributed by atoms with Crippen molar-refractivity contribution in [1.29, 1.82) is 0 Å². The molecule has 1 unspecified atom stereocenters. The Morgan fingerprint density at radius 1 is 1.09 bits per heavy atom. The van der Waals surface area contributed by atoms with Gasteiger partial charge in [0.25, 0.3) is 5.91 Å². The van der Waals surface area contributed by atoms with E-state index in [0.29, 0.717) is 19.0 Å². The molecule has 0 aliphatic heterocycles. The molecule has 1 rings (SSSR count). The van der Waals surface area contributed by atoms with E-state index in [2.05, 4.69) is 48.7 Å². The predicted molar refractivity (Wildman–Crippen MR) is 92.3 cm³/mol. The number of benzene rings is 1. The van der Waals surface area contributed by atoms with E-state index in [1.165, 1.54) is 11.1 Å². The lowest BCUT2D eigenvalue weighted by molar-refractivity contribution is -0.885. The summed E-state index contributed by atoms with van der Waals surface area (Å²) in [7, 11) is 1.98. The second-order valence-corrected chi connectivity index (χ2v) is 6.33. The molecule has 0 aliphatic rings. The molecule has 5 heteroatoms. The van der Waals surface area contributed by atoms with Crippen molar-refractivity contribution in [2.24, 2.45) is 0 Å². The molecule has 0 spiro atoms. The van der Waals surface area contributed by atoms with Crippen LogP contribution in [0.1, 0.15) is 44.2 Å². The molecule has 0 saturated carbocycles. The quantitative estimate of drug-likeness (QED) is 0.619. The summed E-state index contributed by atoms with van der Waals surface area (Å²) >= 11 is 0. The zero-order chi connectivity index (χ0) is 17.2. The summed E-state index contributed by atoms with van der Waals surface area (Å²) in [4.78, 5) is 24.4. The molecule has 128 valence electrons. The van der Waals surface area contributed by atoms with Crippen molar-refractivity contribution in [3.8, 4) is 0 Å². The maximum atomic E-state index is 11.9. The standard InChI is InChI=1S/C18H29N3O2/c1-5-10-19-17(22)11-20-18(23)13-21(4)12-15-6-8-16(9-7-15)14(2)3/h6-9,14H,5,10-13H2,1-4H3,(H,19,22)(H,20,23)/p+1. The van der Waals surface area contributed by atoms with E-state index in [-0.39, 0.29) is 18.4 Å². The second kappa shape index (κ2) is 10.0. The van der Waals surface area contributed by atoms with Crippen LogP contribution in [-0.4, -0.2) is 38.5 Å². The van der Waals surface area contributed by atoms with Gasteiger partial charge in [0.2, 0.25) is 5.91 Å². The summed E-state index contributed by atoms with van der Waals surface area (Å²) in [5.74, 6) is 0.286. The average molecular weight is 320 g/mol. The number of likely N-dealkylation sites (N-methyl/N-ethyl adjacent to an activating group) is 1. The van der Waals surface area contributed by atoms with Crippen molar-refractivity contribution in [3.05, 3.63) is 35.4 Å². The first-order valence-electron chi connectivity index (χ1n) is 8.35. The van der Waals surface area contributed by atoms with Crippen LogP contribution < -0.4 is 15.5 Å². The smallest absolute Gasteiger partial charge is 0.275 e. The Morgan fingerprint density at radius 3 is 2.30 bits per heavy atom. The van der Waals surface area contributed by atoms with E-state index >= 15 is 0 Å². The molecular weight excluding hydrogens is 290 g/mol. The number of quaternary nitrogens is 1. The first-order chi connectivity index (χ1) is 10.9. The van der Waals surface area contributed by atoms with Crippen LogP contribution >= 0.6 is 0 Å². The lowest BCUT2D eigenvalue weighted by Gasteiger charge is -2.14. The topological polar surface area (TPSA) is 62.6 Å². The molecule has 0 radical (unpaired) electrons. The number of hydrogen-bond donors (Lipinski definition) is 3. The largest absolute Gasteiger partial charge is 0.355 e. The third-order valence-electron chi connectivity index (χ3n) is 3.63. The minimum atomic E-state index is -0.137. The summed E-state index contributed by atoms with van der Waals surface area (Å²) < 4.78 is 0. The Balaban J connectivity index is 2.33. The summed E-state index contributed by atoms with van der Waals surface area (Å²) in [6, 6.07) is 8.53. The van der Waals surface area contributed by atoms with Crippen LogP contribution in [0.4, 0.5) is 0 Å². The number of hydrogen-bond acceptors (Lipinski definition) is 2. The third-order valence-corrected chi connectivity index (χ3v) is 3.63. The minimum Gasteiger partial charge on any atom is -0.355 e. The zero-order valence-electron chi connectivity index (χ0n) is 14.7. The lowest BCUT2D eigenvalue weighted by Crippen LogP contribution is -3.08. The Kier molecular flexibility index (Phi) is 8.33. The lowest BCUT2D eigenvalue weighted by atomic mass is 10.0. The fourth-order valence-corrected chi connectivity index (χ4v) is 2.27. The van der Waals surface area contributed by atoms with Crippen molar-refractivity contribution in [2.75, 3.05) is 26.7 Å². The SMILES string of the molecule is CCCNC(=O)CNC(=O)C[NH+](C)Cc1ccc(C(C)C)cc1. The van der Waals surface area contributed by atoms with Crippen LogP contribution in [0.5, 0.6) is 0 Å². The Hall–Kier alpha value is -1.88. The molecule has 5 nitrogen and oxygen atoms in total. The van der Waals surface area contributed by atoms with Gasteiger partial charge in [0.05, 0.1) is 13.6 Å². The Labute approximate surface area is 139 Å². The van der Waals surface area contributed by atoms with Gasteiger partial charge in [-0.1, -0.05) is 45.0 Å². The third kappa shape index (κ3) is 7.79. The molecular formula is C18H30N3O2+. The highest BCUT2D eigenvalue weighted by Crippen LogP contribution is 2.14. The van der Waals surface area contributed by atoms with Gasteiger partial charge in [-0.25, -0.2) is 0 Å². The molecule has 0 fully saturated rings. The number of carbonyl (C=O) groups is 2. The highest BCUT2D eigenvalue weighted by Gasteiger charge is 2.12. The van der Waals surface area contributed by atoms with E-state index in [0.717, 1.165) is 17.9 Å². The Bertz CT molecular complexity index is 497. The summed E-state index contributed by atoms with van der Waals surface area (Å²) in [6.45, 7) is 8.17. The summed E-state index contributed by atoms with van der Waals surface area (Å²) in [5.41, 5.74) is 2.53. The van der Waals surface area contributed by atoms with Crippen molar-refractivity contribution in [1.82, 2.24) is 10.6 Å². The average Bonchev–Trinajstić information content (AvgIpc) is 2.51. The fourth-order valence-electron chi connectivity index (χ4n) is 2.27. The van der Waals surface area contributed by atoms with Gasteiger partial charge in [0.1, 0.15) is 6.54 Å². The number of nitrogens with one attached hydrogen (secondary N) is 3. The summed E-state index contributed by atoms with van der Waals surface area (Å²) in [5, 5.41) is 5.39. The van der Waals surface area contributed by atoms with Crippen LogP contribution in [0.3, 0.4) is 0 Å². The zero-order valence-corrected chi connectivity index (χ0v) is 14.7. The predicted octanol–water partition coefficient (Wildman–Crippen LogP) is 0.467. The van der Waals surface area contributed by atoms with Gasteiger partial charge in [-0.2, -0.15) is 0 Å². The Morgan fingerprint density at radius 2 is 1.74 bits per heavy atom. The molecule has 0 aliphatic carbocycles. The van der Waals surface area contributed by atoms with Gasteiger partial charge in [0, 0.05) is 12.1 Å². The molecule has 0 aromatic heterocycles. The molecule has 3 N–H and O–H groups in total. The van der Waals surface area contributed by atoms with Crippen LogP contribution in [0, 0.1) is 0 Å². The molecule has 23 heavy (non-hydrogen) atoms. The van der Waals surface area contributed by atoms with Gasteiger partial charge in [0.15, 0.2) is 6.54 Å². The van der Waals surface area contributed by atoms with Crippen molar-refractivity contribution in [3.63, 3.8) is 0 Å². The van der Waals surface area contributed by atoms with E-state index in [1.807, 2.05) is 14.0 Å². The normalized spacial score (nSPS) is 12.0. The highest BCUT2D eigenvalue weighted by molar-refractivity contribution is 5.84. The minimum absolute atomic E-state index is 0.0508. The van der Waals surface area contributed by atoms with Gasteiger partial charge in [-0.15, -0.1) is 0 Å². The fraction of sp³-hybridized carbons (Fsp3) is 0.556. The van der Waals surface area contributed by atoms with Crippen molar-refractivity contribution >= 4 is 11.8 Å². The maximum Gasteiger partial charge on any atom is 0.275 e. The molecule has 0 heterocycles. The molecule has 2 amide bonds. The highest BCUT2D eigenvalue weighted by atomic mass is 16.2. The van der Waals surface area contributed by atoms with Crippen molar-refractivity contribution < 1.29 is 14.5 Å². The molecule has 0 saturated heterocycles. The van der Waals surface area contributed by atoms with Crippen LogP contribution in [0.15, 0.2) is 24.3 Å². The molecule has 1 aromatic rings. The van der Waals surface area contributed by atoms with E-state index < -0.39 is 0 Å². The van der Waals surface area contributed by atoms with E-state index in [1.54, 1.807) is 0 Å². The number of rotatable bonds is 9. The molecule has 1 atom stereocenters. The van der Waals surface area contributed by atoms with Gasteiger partial charge in [-0.05, 0) is 17.9 Å². The van der Waals surface area contributed by atoms with E-state index in [4.69, 9.17) is 0 Å². The maximum absolute atomic E-state index is 11.9. The summed E-state index contributed by atoms with van der Waals surface area (Å²) in [6.07, 6.45) is 0.891. The van der Waals surface area contributed by atoms with Crippen LogP contribution in [0.2, 0.25) is 0 Å². The van der Waals surface area contributed by atoms with Crippen molar-refractivity contribution in [2.45, 2.75) is 39.7 Å². The molecule has 1 aromatic carbocycles. The monoisotopic (exact) mass is 320 g/mol. The first-order valence-corrected chi connectivity index (χ1v) is 8.35. The number of amides is 2.